The highest BCUT2D eigenvalue weighted by molar-refractivity contribution is 7.92. The minimum absolute atomic E-state index is 0.109. The molecule has 15 heavy (non-hydrogen) atoms. The molecular formula is C9H18N2O3S. The molecule has 1 aliphatic heterocycles. The Bertz CT molecular complexity index is 313. The van der Waals surface area contributed by atoms with Crippen molar-refractivity contribution >= 4 is 15.7 Å². The topological polar surface area (TPSA) is 89.3 Å². The third-order valence-electron chi connectivity index (χ3n) is 2.60. The van der Waals surface area contributed by atoms with Crippen molar-refractivity contribution in [2.75, 3.05) is 18.8 Å². The molecule has 1 rings (SSSR count). The largest absolute Gasteiger partial charge is 0.355 e. The van der Waals surface area contributed by atoms with Crippen LogP contribution in [-0.4, -0.2) is 38.4 Å². The maximum Gasteiger partial charge on any atom is 0.220 e. The van der Waals surface area contributed by atoms with E-state index in [4.69, 9.17) is 5.73 Å². The fraction of sp³-hybridized carbons (Fsp3) is 0.889. The maximum absolute atomic E-state index is 11.4. The van der Waals surface area contributed by atoms with Crippen molar-refractivity contribution in [3.8, 4) is 0 Å². The normalized spacial score (nSPS) is 23.9. The summed E-state index contributed by atoms with van der Waals surface area (Å²) >= 11 is 0. The van der Waals surface area contributed by atoms with E-state index in [2.05, 4.69) is 5.32 Å². The molecule has 1 unspecified atom stereocenters. The summed E-state index contributed by atoms with van der Waals surface area (Å²) < 4.78 is 22.8. The van der Waals surface area contributed by atoms with Gasteiger partial charge in [0, 0.05) is 13.0 Å². The van der Waals surface area contributed by atoms with Crippen LogP contribution in [0.15, 0.2) is 0 Å². The summed E-state index contributed by atoms with van der Waals surface area (Å²) in [5, 5.41) is 2.27. The first-order chi connectivity index (χ1) is 7.06. The van der Waals surface area contributed by atoms with E-state index in [9.17, 15) is 13.2 Å². The van der Waals surface area contributed by atoms with Gasteiger partial charge in [0.15, 0.2) is 9.84 Å². The predicted molar refractivity (Wildman–Crippen MR) is 58.1 cm³/mol. The van der Waals surface area contributed by atoms with Crippen molar-refractivity contribution in [3.05, 3.63) is 0 Å². The number of carbonyl (C=O) groups excluding carboxylic acids is 1. The van der Waals surface area contributed by atoms with Gasteiger partial charge in [0.1, 0.15) is 0 Å². The number of carbonyl (C=O) groups is 1. The zero-order chi connectivity index (χ0) is 11.3. The molecule has 1 aliphatic rings. The van der Waals surface area contributed by atoms with E-state index in [1.54, 1.807) is 0 Å². The molecule has 0 spiro atoms. The second-order valence-corrected chi connectivity index (χ2v) is 6.23. The third kappa shape index (κ3) is 3.79. The van der Waals surface area contributed by atoms with E-state index >= 15 is 0 Å². The van der Waals surface area contributed by atoms with Crippen LogP contribution in [-0.2, 0) is 14.6 Å². The Morgan fingerprint density at radius 1 is 1.47 bits per heavy atom. The molecule has 0 aromatic heterocycles. The van der Waals surface area contributed by atoms with Crippen LogP contribution in [0.25, 0.3) is 0 Å². The fourth-order valence-electron chi connectivity index (χ4n) is 1.67. The summed E-state index contributed by atoms with van der Waals surface area (Å²) in [6.45, 7) is 0.737. The summed E-state index contributed by atoms with van der Waals surface area (Å²) in [4.78, 5) is 11.2. The highest BCUT2D eigenvalue weighted by Gasteiger charge is 2.31. The fourth-order valence-corrected chi connectivity index (χ4v) is 3.43. The average Bonchev–Trinajstić information content (AvgIpc) is 2.51. The first kappa shape index (κ1) is 12.4. The van der Waals surface area contributed by atoms with Gasteiger partial charge in [0.2, 0.25) is 5.91 Å². The van der Waals surface area contributed by atoms with Crippen molar-refractivity contribution in [1.29, 1.82) is 0 Å². The molecule has 3 N–H and O–H groups in total. The first-order valence-corrected chi connectivity index (χ1v) is 6.96. The van der Waals surface area contributed by atoms with Gasteiger partial charge in [-0.25, -0.2) is 8.42 Å². The van der Waals surface area contributed by atoms with E-state index < -0.39 is 9.84 Å². The number of rotatable bonds is 5. The van der Waals surface area contributed by atoms with Crippen molar-refractivity contribution in [2.24, 2.45) is 5.73 Å². The van der Waals surface area contributed by atoms with Gasteiger partial charge in [0.25, 0.3) is 0 Å². The number of nitrogens with two attached hydrogens (primary N) is 1. The minimum Gasteiger partial charge on any atom is -0.355 e. The highest BCUT2D eigenvalue weighted by atomic mass is 32.2. The lowest BCUT2D eigenvalue weighted by molar-refractivity contribution is -0.121. The van der Waals surface area contributed by atoms with Crippen LogP contribution < -0.4 is 11.1 Å². The van der Waals surface area contributed by atoms with Crippen LogP contribution in [0.5, 0.6) is 0 Å². The molecule has 0 radical (unpaired) electrons. The summed E-state index contributed by atoms with van der Waals surface area (Å²) in [6, 6.07) is 0. The summed E-state index contributed by atoms with van der Waals surface area (Å²) in [5.74, 6) is 0.152. The van der Waals surface area contributed by atoms with Crippen molar-refractivity contribution in [3.63, 3.8) is 0 Å². The second-order valence-electron chi connectivity index (χ2n) is 3.83. The van der Waals surface area contributed by atoms with Gasteiger partial charge in [-0.05, 0) is 25.8 Å². The van der Waals surface area contributed by atoms with Gasteiger partial charge >= 0.3 is 0 Å². The molecule has 6 heteroatoms. The Kier molecular flexibility index (Phi) is 4.53. The van der Waals surface area contributed by atoms with Crippen molar-refractivity contribution < 1.29 is 13.2 Å². The molecular weight excluding hydrogens is 216 g/mol. The van der Waals surface area contributed by atoms with E-state index in [1.165, 1.54) is 0 Å². The first-order valence-electron chi connectivity index (χ1n) is 5.24. The van der Waals surface area contributed by atoms with E-state index in [-0.39, 0.29) is 23.5 Å². The Balaban J connectivity index is 2.28. The molecule has 0 bridgehead atoms. The number of amides is 1. The van der Waals surface area contributed by atoms with E-state index in [0.717, 1.165) is 0 Å². The SMILES string of the molecule is NCCCC(=O)NCC1CCCS1(=O)=O. The Labute approximate surface area is 90.3 Å². The van der Waals surface area contributed by atoms with Crippen molar-refractivity contribution in [1.82, 2.24) is 5.32 Å². The molecule has 0 saturated carbocycles. The zero-order valence-electron chi connectivity index (χ0n) is 8.74. The smallest absolute Gasteiger partial charge is 0.220 e. The lowest BCUT2D eigenvalue weighted by atomic mass is 10.2. The molecule has 5 nitrogen and oxygen atoms in total. The van der Waals surface area contributed by atoms with Gasteiger partial charge < -0.3 is 11.1 Å². The molecule has 1 heterocycles. The highest BCUT2D eigenvalue weighted by Crippen LogP contribution is 2.18. The number of hydrogen-bond donors (Lipinski definition) is 2. The quantitative estimate of drug-likeness (QED) is 0.666. The molecule has 1 saturated heterocycles. The number of nitrogens with one attached hydrogen (secondary N) is 1. The lowest BCUT2D eigenvalue weighted by Crippen LogP contribution is -2.34. The van der Waals surface area contributed by atoms with E-state index in [0.29, 0.717) is 32.2 Å². The Hall–Kier alpha value is -0.620. The number of sulfone groups is 1. The summed E-state index contributed by atoms with van der Waals surface area (Å²) in [5.41, 5.74) is 5.26. The van der Waals surface area contributed by atoms with Crippen LogP contribution in [0.2, 0.25) is 0 Å². The van der Waals surface area contributed by atoms with Crippen LogP contribution >= 0.6 is 0 Å². The molecule has 1 fully saturated rings. The second kappa shape index (κ2) is 5.46. The standard InChI is InChI=1S/C9H18N2O3S/c10-5-1-4-9(12)11-7-8-3-2-6-15(8,13)14/h8H,1-7,10H2,(H,11,12). The van der Waals surface area contributed by atoms with Gasteiger partial charge in [-0.2, -0.15) is 0 Å². The van der Waals surface area contributed by atoms with Gasteiger partial charge in [0.05, 0.1) is 11.0 Å². The van der Waals surface area contributed by atoms with Crippen LogP contribution in [0.1, 0.15) is 25.7 Å². The lowest BCUT2D eigenvalue weighted by Gasteiger charge is -2.10. The monoisotopic (exact) mass is 234 g/mol. The summed E-state index contributed by atoms with van der Waals surface area (Å²) in [6.07, 6.45) is 2.40. The van der Waals surface area contributed by atoms with Crippen LogP contribution in [0, 0.1) is 0 Å². The zero-order valence-corrected chi connectivity index (χ0v) is 9.55. The Morgan fingerprint density at radius 3 is 2.73 bits per heavy atom. The maximum atomic E-state index is 11.4. The predicted octanol–water partition coefficient (Wildman–Crippen LogP) is -0.581. The van der Waals surface area contributed by atoms with Gasteiger partial charge in [-0.3, -0.25) is 4.79 Å². The van der Waals surface area contributed by atoms with Gasteiger partial charge in [-0.15, -0.1) is 0 Å². The van der Waals surface area contributed by atoms with Crippen LogP contribution in [0.3, 0.4) is 0 Å². The average molecular weight is 234 g/mol. The third-order valence-corrected chi connectivity index (χ3v) is 4.87. The minimum atomic E-state index is -2.94. The molecule has 0 aromatic rings. The van der Waals surface area contributed by atoms with Gasteiger partial charge in [-0.1, -0.05) is 0 Å². The molecule has 88 valence electrons. The van der Waals surface area contributed by atoms with Crippen LogP contribution in [0.4, 0.5) is 0 Å². The summed E-state index contributed by atoms with van der Waals surface area (Å²) in [7, 11) is -2.94. The van der Waals surface area contributed by atoms with E-state index in [1.807, 2.05) is 0 Å². The number of hydrogen-bond acceptors (Lipinski definition) is 4. The molecule has 0 aliphatic carbocycles. The Morgan fingerprint density at radius 2 is 2.20 bits per heavy atom. The molecule has 0 aromatic carbocycles. The van der Waals surface area contributed by atoms with Crippen molar-refractivity contribution in [2.45, 2.75) is 30.9 Å². The molecule has 1 atom stereocenters. The molecule has 1 amide bonds.